The average Bonchev–Trinajstić information content (AvgIpc) is 3.08. The van der Waals surface area contributed by atoms with Crippen LogP contribution in [0.1, 0.15) is 18.1 Å². The van der Waals surface area contributed by atoms with E-state index < -0.39 is 0 Å². The van der Waals surface area contributed by atoms with Crippen molar-refractivity contribution in [2.75, 3.05) is 42.9 Å². The molecule has 0 atom stereocenters. The van der Waals surface area contributed by atoms with E-state index in [1.165, 1.54) is 5.56 Å². The topological polar surface area (TPSA) is 53.4 Å². The first-order valence-electron chi connectivity index (χ1n) is 8.93. The number of nitrogens with one attached hydrogen (secondary N) is 1. The third kappa shape index (κ3) is 4.02. The summed E-state index contributed by atoms with van der Waals surface area (Å²) in [4.78, 5) is 21.3. The first kappa shape index (κ1) is 17.5. The molecule has 1 aromatic carbocycles. The quantitative estimate of drug-likeness (QED) is 0.906. The van der Waals surface area contributed by atoms with Gasteiger partial charge in [0, 0.05) is 50.8 Å². The molecule has 0 unspecified atom stereocenters. The second-order valence-electron chi connectivity index (χ2n) is 6.57. The molecule has 2 aromatic rings. The Morgan fingerprint density at radius 3 is 2.68 bits per heavy atom. The molecule has 0 aliphatic carbocycles. The predicted octanol–water partition coefficient (Wildman–Crippen LogP) is 2.28. The van der Waals surface area contributed by atoms with Gasteiger partial charge in [-0.1, -0.05) is 12.1 Å². The van der Waals surface area contributed by atoms with Gasteiger partial charge < -0.3 is 14.8 Å². The Labute approximate surface area is 149 Å². The molecule has 0 saturated carbocycles. The lowest BCUT2D eigenvalue weighted by atomic mass is 10.1. The Morgan fingerprint density at radius 1 is 1.20 bits per heavy atom. The molecular weight excluding hydrogens is 314 g/mol. The van der Waals surface area contributed by atoms with Gasteiger partial charge in [-0.3, -0.25) is 9.69 Å². The molecule has 1 amide bonds. The largest absolute Gasteiger partial charge is 0.340 e. The van der Waals surface area contributed by atoms with E-state index in [-0.39, 0.29) is 5.91 Å². The Hall–Kier alpha value is -2.34. The lowest BCUT2D eigenvalue weighted by molar-refractivity contribution is -0.117. The summed E-state index contributed by atoms with van der Waals surface area (Å²) in [7, 11) is 0. The van der Waals surface area contributed by atoms with Crippen LogP contribution in [0.15, 0.2) is 30.6 Å². The number of imidazole rings is 1. The number of aromatic nitrogens is 2. The number of hydrogen-bond donors (Lipinski definition) is 1. The number of hydrogen-bond acceptors (Lipinski definition) is 4. The molecule has 6 heteroatoms. The van der Waals surface area contributed by atoms with Crippen LogP contribution in [-0.4, -0.2) is 53.1 Å². The highest BCUT2D eigenvalue weighted by Gasteiger charge is 2.21. The zero-order valence-electron chi connectivity index (χ0n) is 15.3. The van der Waals surface area contributed by atoms with Gasteiger partial charge in [-0.15, -0.1) is 0 Å². The summed E-state index contributed by atoms with van der Waals surface area (Å²) >= 11 is 0. The monoisotopic (exact) mass is 341 g/mol. The van der Waals surface area contributed by atoms with Crippen LogP contribution in [0.3, 0.4) is 0 Å². The van der Waals surface area contributed by atoms with Gasteiger partial charge in [0.05, 0.1) is 6.54 Å². The number of carbonyl (C=O) groups is 1. The van der Waals surface area contributed by atoms with Crippen LogP contribution in [-0.2, 0) is 11.3 Å². The van der Waals surface area contributed by atoms with E-state index in [1.54, 1.807) is 0 Å². The van der Waals surface area contributed by atoms with Gasteiger partial charge in [-0.05, 0) is 38.0 Å². The first-order chi connectivity index (χ1) is 12.1. The minimum atomic E-state index is 0.0530. The Balaban J connectivity index is 1.52. The lowest BCUT2D eigenvalue weighted by Gasteiger charge is -2.35. The van der Waals surface area contributed by atoms with Gasteiger partial charge in [0.15, 0.2) is 0 Å². The summed E-state index contributed by atoms with van der Waals surface area (Å²) in [6, 6.07) is 6.00. The van der Waals surface area contributed by atoms with Crippen molar-refractivity contribution >= 4 is 17.5 Å². The number of anilines is 2. The summed E-state index contributed by atoms with van der Waals surface area (Å²) in [6.45, 7) is 11.1. The van der Waals surface area contributed by atoms with E-state index in [1.807, 2.05) is 31.5 Å². The molecule has 25 heavy (non-hydrogen) atoms. The molecule has 2 heterocycles. The number of carbonyl (C=O) groups excluding carboxylic acids is 1. The standard InChI is InChI=1S/C19H27N5O/c1-4-23-9-8-20-19(23)24-12-10-22(11-13-24)14-18(25)21-17-7-5-6-15(2)16(17)3/h5-9H,4,10-14H2,1-3H3,(H,21,25). The second-order valence-corrected chi connectivity index (χ2v) is 6.57. The van der Waals surface area contributed by atoms with Crippen LogP contribution in [0, 0.1) is 13.8 Å². The average molecular weight is 341 g/mol. The molecule has 3 rings (SSSR count). The zero-order chi connectivity index (χ0) is 17.8. The summed E-state index contributed by atoms with van der Waals surface area (Å²) in [6.07, 6.45) is 3.86. The summed E-state index contributed by atoms with van der Waals surface area (Å²) < 4.78 is 2.16. The van der Waals surface area contributed by atoms with Crippen molar-refractivity contribution in [2.45, 2.75) is 27.3 Å². The molecule has 6 nitrogen and oxygen atoms in total. The summed E-state index contributed by atoms with van der Waals surface area (Å²) in [5.41, 5.74) is 3.23. The van der Waals surface area contributed by atoms with E-state index in [0.717, 1.165) is 49.9 Å². The normalized spacial score (nSPS) is 15.4. The van der Waals surface area contributed by atoms with Gasteiger partial charge in [0.25, 0.3) is 0 Å². The van der Waals surface area contributed by atoms with Gasteiger partial charge >= 0.3 is 0 Å². The number of nitrogens with zero attached hydrogens (tertiary/aromatic N) is 4. The highest BCUT2D eigenvalue weighted by molar-refractivity contribution is 5.93. The maximum atomic E-state index is 12.4. The number of rotatable bonds is 5. The van der Waals surface area contributed by atoms with E-state index in [2.05, 4.69) is 44.6 Å². The van der Waals surface area contributed by atoms with Gasteiger partial charge in [-0.2, -0.15) is 0 Å². The van der Waals surface area contributed by atoms with E-state index in [4.69, 9.17) is 0 Å². The van der Waals surface area contributed by atoms with Gasteiger partial charge in [0.2, 0.25) is 11.9 Å². The molecule has 0 radical (unpaired) electrons. The maximum absolute atomic E-state index is 12.4. The van der Waals surface area contributed by atoms with Crippen LogP contribution < -0.4 is 10.2 Å². The van der Waals surface area contributed by atoms with E-state index in [9.17, 15) is 4.79 Å². The molecule has 1 fully saturated rings. The van der Waals surface area contributed by atoms with Crippen molar-refractivity contribution < 1.29 is 4.79 Å². The van der Waals surface area contributed by atoms with E-state index >= 15 is 0 Å². The molecule has 0 spiro atoms. The fraction of sp³-hybridized carbons (Fsp3) is 0.474. The van der Waals surface area contributed by atoms with Crippen LogP contribution in [0.5, 0.6) is 0 Å². The Morgan fingerprint density at radius 2 is 1.96 bits per heavy atom. The van der Waals surface area contributed by atoms with Crippen molar-refractivity contribution in [3.8, 4) is 0 Å². The molecule has 1 N–H and O–H groups in total. The summed E-state index contributed by atoms with van der Waals surface area (Å²) in [5, 5.41) is 3.04. The van der Waals surface area contributed by atoms with Crippen LogP contribution in [0.4, 0.5) is 11.6 Å². The van der Waals surface area contributed by atoms with Crippen LogP contribution in [0.25, 0.3) is 0 Å². The second kappa shape index (κ2) is 7.70. The highest BCUT2D eigenvalue weighted by atomic mass is 16.2. The third-order valence-corrected chi connectivity index (χ3v) is 4.94. The minimum absolute atomic E-state index is 0.0530. The smallest absolute Gasteiger partial charge is 0.238 e. The van der Waals surface area contributed by atoms with Gasteiger partial charge in [-0.25, -0.2) is 4.98 Å². The Bertz CT molecular complexity index is 731. The van der Waals surface area contributed by atoms with Crippen molar-refractivity contribution in [1.82, 2.24) is 14.5 Å². The Kier molecular flexibility index (Phi) is 5.38. The number of piperazine rings is 1. The van der Waals surface area contributed by atoms with Crippen molar-refractivity contribution in [3.05, 3.63) is 41.7 Å². The van der Waals surface area contributed by atoms with E-state index in [0.29, 0.717) is 6.54 Å². The molecule has 0 bridgehead atoms. The first-order valence-corrected chi connectivity index (χ1v) is 8.93. The maximum Gasteiger partial charge on any atom is 0.238 e. The molecule has 134 valence electrons. The minimum Gasteiger partial charge on any atom is -0.340 e. The van der Waals surface area contributed by atoms with Crippen LogP contribution in [0.2, 0.25) is 0 Å². The van der Waals surface area contributed by atoms with Crippen molar-refractivity contribution in [1.29, 1.82) is 0 Å². The predicted molar refractivity (Wildman–Crippen MR) is 101 cm³/mol. The fourth-order valence-corrected chi connectivity index (χ4v) is 3.22. The molecule has 1 aliphatic heterocycles. The molecular formula is C19H27N5O. The number of aryl methyl sites for hydroxylation is 2. The van der Waals surface area contributed by atoms with Crippen molar-refractivity contribution in [2.24, 2.45) is 0 Å². The molecule has 1 aliphatic rings. The zero-order valence-corrected chi connectivity index (χ0v) is 15.3. The highest BCUT2D eigenvalue weighted by Crippen LogP contribution is 2.18. The number of benzene rings is 1. The third-order valence-electron chi connectivity index (χ3n) is 4.94. The molecule has 1 saturated heterocycles. The number of amides is 1. The van der Waals surface area contributed by atoms with Crippen molar-refractivity contribution in [3.63, 3.8) is 0 Å². The van der Waals surface area contributed by atoms with Gasteiger partial charge in [0.1, 0.15) is 0 Å². The fourth-order valence-electron chi connectivity index (χ4n) is 3.22. The lowest BCUT2D eigenvalue weighted by Crippen LogP contribution is -2.49. The van der Waals surface area contributed by atoms with Crippen LogP contribution >= 0.6 is 0 Å². The molecule has 1 aromatic heterocycles. The summed E-state index contributed by atoms with van der Waals surface area (Å²) in [5.74, 6) is 1.08. The SMILES string of the molecule is CCn1ccnc1N1CCN(CC(=O)Nc2cccc(C)c2C)CC1.